The zero-order valence-corrected chi connectivity index (χ0v) is 21.9. The molecule has 0 saturated heterocycles. The number of benzene rings is 2. The van der Waals surface area contributed by atoms with Crippen LogP contribution in [0.25, 0.3) is 0 Å². The average molecular weight is 494 g/mol. The quantitative estimate of drug-likeness (QED) is 0.657. The molecule has 3 atom stereocenters. The second-order valence-corrected chi connectivity index (χ2v) is 10.4. The zero-order valence-electron chi connectivity index (χ0n) is 21.9. The van der Waals surface area contributed by atoms with Gasteiger partial charge in [0, 0.05) is 51.6 Å². The third kappa shape index (κ3) is 6.86. The molecular formula is C29H39N3O4. The highest BCUT2D eigenvalue weighted by atomic mass is 16.5. The molecule has 2 aromatic carbocycles. The van der Waals surface area contributed by atoms with E-state index in [0.29, 0.717) is 30.2 Å². The molecule has 1 heterocycles. The molecule has 2 aromatic rings. The second-order valence-electron chi connectivity index (χ2n) is 10.4. The Labute approximate surface area is 214 Å². The summed E-state index contributed by atoms with van der Waals surface area (Å²) < 4.78 is 12.1. The van der Waals surface area contributed by atoms with Gasteiger partial charge in [0.05, 0.1) is 18.1 Å². The minimum absolute atomic E-state index is 0.0619. The Morgan fingerprint density at radius 3 is 2.56 bits per heavy atom. The molecule has 7 nitrogen and oxygen atoms in total. The van der Waals surface area contributed by atoms with E-state index in [9.17, 15) is 9.59 Å². The van der Waals surface area contributed by atoms with Crippen molar-refractivity contribution in [2.75, 3.05) is 45.7 Å². The molecule has 4 rings (SSSR count). The molecule has 1 aliphatic carbocycles. The first-order valence-electron chi connectivity index (χ1n) is 13.0. The van der Waals surface area contributed by atoms with Crippen LogP contribution < -0.4 is 10.1 Å². The fraction of sp³-hybridized carbons (Fsp3) is 0.517. The summed E-state index contributed by atoms with van der Waals surface area (Å²) in [4.78, 5) is 30.2. The van der Waals surface area contributed by atoms with Gasteiger partial charge in [0.1, 0.15) is 12.4 Å². The Balaban J connectivity index is 1.56. The van der Waals surface area contributed by atoms with Crippen molar-refractivity contribution >= 4 is 17.5 Å². The predicted octanol–water partition coefficient (Wildman–Crippen LogP) is 4.08. The van der Waals surface area contributed by atoms with E-state index >= 15 is 0 Å². The molecule has 1 N–H and O–H groups in total. The number of hydrogen-bond acceptors (Lipinski definition) is 5. The van der Waals surface area contributed by atoms with Gasteiger partial charge in [0.15, 0.2) is 0 Å². The first kappa shape index (κ1) is 26.2. The minimum atomic E-state index is -0.121. The van der Waals surface area contributed by atoms with E-state index in [2.05, 4.69) is 24.1 Å². The van der Waals surface area contributed by atoms with Gasteiger partial charge >= 0.3 is 0 Å². The summed E-state index contributed by atoms with van der Waals surface area (Å²) in [5, 5.41) is 2.96. The molecule has 7 heteroatoms. The molecule has 194 valence electrons. The summed E-state index contributed by atoms with van der Waals surface area (Å²) in [7, 11) is 3.53. The Morgan fingerprint density at radius 2 is 1.86 bits per heavy atom. The van der Waals surface area contributed by atoms with Gasteiger partial charge in [0.25, 0.3) is 5.91 Å². The van der Waals surface area contributed by atoms with Gasteiger partial charge in [-0.1, -0.05) is 37.3 Å². The Kier molecular flexibility index (Phi) is 8.64. The standard InChI is InChI=1S/C29H39N3O4/c1-20-16-32(17-23-10-11-23)21(2)19-36-26-15-24(30-28(33)14-22-8-6-5-7-9-22)12-13-25(26)29(34)31(3)18-27(20)35-4/h5-9,12-13,15,20-21,23,27H,10-11,14,16-19H2,1-4H3,(H,30,33)/t20-,21+,27+/m1/s1. The predicted molar refractivity (Wildman–Crippen MR) is 141 cm³/mol. The number of likely N-dealkylation sites (N-methyl/N-ethyl adjacent to an activating group) is 1. The van der Waals surface area contributed by atoms with Crippen molar-refractivity contribution in [1.82, 2.24) is 9.80 Å². The second kappa shape index (κ2) is 11.9. The van der Waals surface area contributed by atoms with E-state index in [0.717, 1.165) is 24.6 Å². The summed E-state index contributed by atoms with van der Waals surface area (Å²) in [6.45, 7) is 7.29. The van der Waals surface area contributed by atoms with E-state index in [4.69, 9.17) is 9.47 Å². The van der Waals surface area contributed by atoms with Gasteiger partial charge in [0.2, 0.25) is 5.91 Å². The van der Waals surface area contributed by atoms with E-state index in [1.54, 1.807) is 37.3 Å². The summed E-state index contributed by atoms with van der Waals surface area (Å²) in [5.41, 5.74) is 2.05. The molecule has 0 bridgehead atoms. The first-order valence-corrected chi connectivity index (χ1v) is 13.0. The van der Waals surface area contributed by atoms with E-state index in [-0.39, 0.29) is 36.3 Å². The summed E-state index contributed by atoms with van der Waals surface area (Å²) in [6.07, 6.45) is 2.80. The maximum absolute atomic E-state index is 13.4. The van der Waals surface area contributed by atoms with Crippen LogP contribution in [0.1, 0.15) is 42.6 Å². The smallest absolute Gasteiger partial charge is 0.257 e. The van der Waals surface area contributed by atoms with Crippen molar-refractivity contribution in [3.8, 4) is 5.75 Å². The third-order valence-corrected chi connectivity index (χ3v) is 7.26. The van der Waals surface area contributed by atoms with Gasteiger partial charge in [-0.05, 0) is 49.3 Å². The van der Waals surface area contributed by atoms with Gasteiger partial charge in [-0.2, -0.15) is 0 Å². The molecule has 1 aliphatic heterocycles. The Hall–Kier alpha value is -2.90. The minimum Gasteiger partial charge on any atom is -0.491 e. The molecule has 1 fully saturated rings. The highest BCUT2D eigenvalue weighted by Gasteiger charge is 2.31. The number of hydrogen-bond donors (Lipinski definition) is 1. The van der Waals surface area contributed by atoms with Gasteiger partial charge < -0.3 is 19.7 Å². The van der Waals surface area contributed by atoms with Crippen LogP contribution in [0, 0.1) is 11.8 Å². The van der Waals surface area contributed by atoms with E-state index in [1.807, 2.05) is 30.3 Å². The lowest BCUT2D eigenvalue weighted by molar-refractivity contribution is -0.115. The Morgan fingerprint density at radius 1 is 1.11 bits per heavy atom. The number of nitrogens with one attached hydrogen (secondary N) is 1. The number of rotatable bonds is 6. The highest BCUT2D eigenvalue weighted by Crippen LogP contribution is 2.32. The number of fused-ring (bicyclic) bond motifs is 1. The van der Waals surface area contributed by atoms with E-state index in [1.165, 1.54) is 12.8 Å². The largest absolute Gasteiger partial charge is 0.491 e. The van der Waals surface area contributed by atoms with Crippen LogP contribution >= 0.6 is 0 Å². The summed E-state index contributed by atoms with van der Waals surface area (Å²) in [6, 6.07) is 15.1. The maximum atomic E-state index is 13.4. The molecule has 2 amide bonds. The Bertz CT molecular complexity index is 1040. The lowest BCUT2D eigenvalue weighted by Crippen LogP contribution is -2.47. The number of carbonyl (C=O) groups excluding carboxylic acids is 2. The van der Waals surface area contributed by atoms with E-state index < -0.39 is 0 Å². The molecule has 0 radical (unpaired) electrons. The van der Waals surface area contributed by atoms with Crippen LogP contribution in [-0.2, 0) is 16.0 Å². The van der Waals surface area contributed by atoms with Crippen molar-refractivity contribution in [1.29, 1.82) is 0 Å². The average Bonchev–Trinajstić information content (AvgIpc) is 3.69. The molecule has 0 aromatic heterocycles. The SMILES string of the molecule is CO[C@H]1CN(C)C(=O)c2ccc(NC(=O)Cc3ccccc3)cc2OC[C@H](C)N(CC2CC2)C[C@H]1C. The van der Waals surface area contributed by atoms with Crippen LogP contribution in [0.2, 0.25) is 0 Å². The zero-order chi connectivity index (χ0) is 25.7. The van der Waals surface area contributed by atoms with Crippen molar-refractivity contribution in [3.05, 3.63) is 59.7 Å². The molecule has 1 saturated carbocycles. The van der Waals surface area contributed by atoms with Crippen LogP contribution in [0.3, 0.4) is 0 Å². The van der Waals surface area contributed by atoms with Crippen LogP contribution in [-0.4, -0.2) is 74.2 Å². The van der Waals surface area contributed by atoms with Gasteiger partial charge in [-0.25, -0.2) is 0 Å². The lowest BCUT2D eigenvalue weighted by Gasteiger charge is -2.36. The van der Waals surface area contributed by atoms with Crippen LogP contribution in [0.15, 0.2) is 48.5 Å². The molecule has 0 unspecified atom stereocenters. The number of methoxy groups -OCH3 is 1. The number of amides is 2. The van der Waals surface area contributed by atoms with Crippen molar-refractivity contribution in [3.63, 3.8) is 0 Å². The summed E-state index contributed by atoms with van der Waals surface area (Å²) in [5.74, 6) is 1.29. The van der Waals surface area contributed by atoms with Crippen LogP contribution in [0.5, 0.6) is 5.75 Å². The lowest BCUT2D eigenvalue weighted by atomic mass is 10.0. The monoisotopic (exact) mass is 493 g/mol. The maximum Gasteiger partial charge on any atom is 0.257 e. The van der Waals surface area contributed by atoms with Crippen molar-refractivity contribution < 1.29 is 19.1 Å². The topological polar surface area (TPSA) is 71.1 Å². The molecule has 0 spiro atoms. The number of ether oxygens (including phenoxy) is 2. The van der Waals surface area contributed by atoms with Gasteiger partial charge in [-0.3, -0.25) is 14.5 Å². The van der Waals surface area contributed by atoms with Gasteiger partial charge in [-0.15, -0.1) is 0 Å². The normalized spacial score (nSPS) is 23.7. The fourth-order valence-corrected chi connectivity index (χ4v) is 4.80. The third-order valence-electron chi connectivity index (χ3n) is 7.26. The number of carbonyl (C=O) groups is 2. The fourth-order valence-electron chi connectivity index (χ4n) is 4.80. The van der Waals surface area contributed by atoms with Crippen molar-refractivity contribution in [2.45, 2.75) is 45.3 Å². The van der Waals surface area contributed by atoms with Crippen molar-refractivity contribution in [2.24, 2.45) is 11.8 Å². The molecular weight excluding hydrogens is 454 g/mol. The molecule has 36 heavy (non-hydrogen) atoms. The highest BCUT2D eigenvalue weighted by molar-refractivity contribution is 5.98. The number of anilines is 1. The molecule has 2 aliphatic rings. The van der Waals surface area contributed by atoms with Crippen LogP contribution in [0.4, 0.5) is 5.69 Å². The summed E-state index contributed by atoms with van der Waals surface area (Å²) >= 11 is 0. The first-order chi connectivity index (χ1) is 17.3. The number of nitrogens with zero attached hydrogens (tertiary/aromatic N) is 2.